The van der Waals surface area contributed by atoms with Gasteiger partial charge in [-0.25, -0.2) is 0 Å². The van der Waals surface area contributed by atoms with Gasteiger partial charge in [0.15, 0.2) is 6.10 Å². The summed E-state index contributed by atoms with van der Waals surface area (Å²) in [6.07, 6.45) is -1.39. The van der Waals surface area contributed by atoms with Gasteiger partial charge in [0.1, 0.15) is 0 Å². The Bertz CT molecular complexity index is 474. The third-order valence-electron chi connectivity index (χ3n) is 1.59. The topological polar surface area (TPSA) is 98.4 Å². The molecular weight excluding hydrogens is 206 g/mol. The van der Waals surface area contributed by atoms with Gasteiger partial charge < -0.3 is 5.11 Å². The highest BCUT2D eigenvalue weighted by Gasteiger charge is 2.12. The standard InChI is InChI=1S/C8H7NO4S/c9-5-8(10)6-2-1-3-7(4-6)14(11,12)13/h1-4,8,10H,(H,11,12,13). The number of hydrogen-bond donors (Lipinski definition) is 2. The third kappa shape index (κ3) is 2.29. The normalized spacial score (nSPS) is 13.2. The highest BCUT2D eigenvalue weighted by atomic mass is 32.2. The summed E-state index contributed by atoms with van der Waals surface area (Å²) in [5, 5.41) is 17.5. The summed E-state index contributed by atoms with van der Waals surface area (Å²) in [6.45, 7) is 0. The van der Waals surface area contributed by atoms with E-state index in [-0.39, 0.29) is 10.5 Å². The van der Waals surface area contributed by atoms with E-state index < -0.39 is 16.2 Å². The fourth-order valence-corrected chi connectivity index (χ4v) is 1.46. The van der Waals surface area contributed by atoms with Gasteiger partial charge in [-0.2, -0.15) is 13.7 Å². The minimum atomic E-state index is -4.29. The van der Waals surface area contributed by atoms with Crippen LogP contribution in [-0.4, -0.2) is 18.1 Å². The van der Waals surface area contributed by atoms with E-state index in [1.807, 2.05) is 0 Å². The number of rotatable bonds is 2. The van der Waals surface area contributed by atoms with Gasteiger partial charge in [0.05, 0.1) is 11.0 Å². The first-order valence-corrected chi connectivity index (χ1v) is 5.04. The molecule has 1 aromatic carbocycles. The maximum Gasteiger partial charge on any atom is 0.294 e. The minimum Gasteiger partial charge on any atom is -0.374 e. The molecule has 0 saturated carbocycles. The van der Waals surface area contributed by atoms with Crippen LogP contribution in [0.25, 0.3) is 0 Å². The lowest BCUT2D eigenvalue weighted by Crippen LogP contribution is -2.00. The highest BCUT2D eigenvalue weighted by molar-refractivity contribution is 7.85. The van der Waals surface area contributed by atoms with Crippen LogP contribution in [0, 0.1) is 11.3 Å². The van der Waals surface area contributed by atoms with Crippen molar-refractivity contribution < 1.29 is 18.1 Å². The Morgan fingerprint density at radius 1 is 1.43 bits per heavy atom. The number of nitrogens with zero attached hydrogens (tertiary/aromatic N) is 1. The second-order valence-corrected chi connectivity index (χ2v) is 4.00. The summed E-state index contributed by atoms with van der Waals surface area (Å²) in [6, 6.07) is 6.48. The lowest BCUT2D eigenvalue weighted by Gasteiger charge is -2.03. The quantitative estimate of drug-likeness (QED) is 0.550. The van der Waals surface area contributed by atoms with Gasteiger partial charge in [0.2, 0.25) is 0 Å². The minimum absolute atomic E-state index is 0.127. The molecule has 0 saturated heterocycles. The summed E-state index contributed by atoms with van der Waals surface area (Å²) in [5.41, 5.74) is 0.127. The zero-order chi connectivity index (χ0) is 10.8. The molecule has 0 amide bonds. The van der Waals surface area contributed by atoms with Gasteiger partial charge in [-0.15, -0.1) is 0 Å². The van der Waals surface area contributed by atoms with Gasteiger partial charge in [-0.1, -0.05) is 12.1 Å². The molecule has 1 unspecified atom stereocenters. The maximum absolute atomic E-state index is 10.7. The molecule has 14 heavy (non-hydrogen) atoms. The van der Waals surface area contributed by atoms with Gasteiger partial charge in [0.25, 0.3) is 10.1 Å². The second kappa shape index (κ2) is 3.75. The van der Waals surface area contributed by atoms with Crippen molar-refractivity contribution in [1.29, 1.82) is 5.26 Å². The third-order valence-corrected chi connectivity index (χ3v) is 2.44. The first-order valence-electron chi connectivity index (χ1n) is 3.60. The van der Waals surface area contributed by atoms with Crippen molar-refractivity contribution in [1.82, 2.24) is 0 Å². The van der Waals surface area contributed by atoms with E-state index in [1.54, 1.807) is 0 Å². The van der Waals surface area contributed by atoms with Gasteiger partial charge in [-0.05, 0) is 17.7 Å². The molecule has 74 valence electrons. The van der Waals surface area contributed by atoms with Crippen LogP contribution < -0.4 is 0 Å². The zero-order valence-electron chi connectivity index (χ0n) is 6.95. The molecule has 1 atom stereocenters. The second-order valence-electron chi connectivity index (χ2n) is 2.58. The maximum atomic E-state index is 10.7. The summed E-state index contributed by atoms with van der Waals surface area (Å²) in [7, 11) is -4.29. The molecule has 0 spiro atoms. The van der Waals surface area contributed by atoms with Crippen molar-refractivity contribution in [3.05, 3.63) is 29.8 Å². The smallest absolute Gasteiger partial charge is 0.294 e. The van der Waals surface area contributed by atoms with E-state index in [9.17, 15) is 8.42 Å². The van der Waals surface area contributed by atoms with Crippen LogP contribution in [0.4, 0.5) is 0 Å². The monoisotopic (exact) mass is 213 g/mol. The van der Waals surface area contributed by atoms with E-state index in [1.165, 1.54) is 24.3 Å². The fraction of sp³-hybridized carbons (Fsp3) is 0.125. The van der Waals surface area contributed by atoms with Crippen molar-refractivity contribution in [3.8, 4) is 6.07 Å². The molecule has 0 heterocycles. The average Bonchev–Trinajstić information content (AvgIpc) is 2.15. The first-order chi connectivity index (χ1) is 6.45. The number of hydrogen-bond acceptors (Lipinski definition) is 4. The van der Waals surface area contributed by atoms with Crippen LogP contribution in [0.15, 0.2) is 29.2 Å². The predicted octanol–water partition coefficient (Wildman–Crippen LogP) is 0.490. The van der Waals surface area contributed by atoms with Crippen molar-refractivity contribution in [2.45, 2.75) is 11.0 Å². The van der Waals surface area contributed by atoms with Crippen LogP contribution in [0.1, 0.15) is 11.7 Å². The van der Waals surface area contributed by atoms with Crippen molar-refractivity contribution >= 4 is 10.1 Å². The van der Waals surface area contributed by atoms with Gasteiger partial charge in [-0.3, -0.25) is 4.55 Å². The zero-order valence-corrected chi connectivity index (χ0v) is 7.77. The van der Waals surface area contributed by atoms with Crippen molar-refractivity contribution in [2.75, 3.05) is 0 Å². The van der Waals surface area contributed by atoms with Crippen LogP contribution >= 0.6 is 0 Å². The molecule has 0 radical (unpaired) electrons. The Morgan fingerprint density at radius 3 is 2.57 bits per heavy atom. The van der Waals surface area contributed by atoms with E-state index in [2.05, 4.69) is 0 Å². The molecule has 0 aliphatic carbocycles. The van der Waals surface area contributed by atoms with Gasteiger partial charge >= 0.3 is 0 Å². The highest BCUT2D eigenvalue weighted by Crippen LogP contribution is 2.16. The largest absolute Gasteiger partial charge is 0.374 e. The first kappa shape index (κ1) is 10.7. The fourth-order valence-electron chi connectivity index (χ4n) is 0.920. The Kier molecular flexibility index (Phi) is 2.86. The molecular formula is C8H7NO4S. The molecule has 1 aromatic rings. The Balaban J connectivity index is 3.22. The lowest BCUT2D eigenvalue weighted by atomic mass is 10.1. The number of nitriles is 1. The Morgan fingerprint density at radius 2 is 2.07 bits per heavy atom. The summed E-state index contributed by atoms with van der Waals surface area (Å²) >= 11 is 0. The van der Waals surface area contributed by atoms with E-state index in [4.69, 9.17) is 14.9 Å². The summed E-state index contributed by atoms with van der Waals surface area (Å²) < 4.78 is 30.0. The Hall–Kier alpha value is -1.42. The number of aliphatic hydroxyl groups is 1. The van der Waals surface area contributed by atoms with Crippen molar-refractivity contribution in [3.63, 3.8) is 0 Å². The number of aliphatic hydroxyl groups excluding tert-OH is 1. The molecule has 0 aromatic heterocycles. The average molecular weight is 213 g/mol. The van der Waals surface area contributed by atoms with E-state index in [0.717, 1.165) is 6.07 Å². The molecule has 0 aliphatic heterocycles. The summed E-state index contributed by atoms with van der Waals surface area (Å²) in [4.78, 5) is -0.343. The molecule has 6 heteroatoms. The molecule has 0 aliphatic rings. The molecule has 2 N–H and O–H groups in total. The SMILES string of the molecule is N#CC(O)c1cccc(S(=O)(=O)O)c1. The van der Waals surface area contributed by atoms with Crippen molar-refractivity contribution in [2.24, 2.45) is 0 Å². The lowest BCUT2D eigenvalue weighted by molar-refractivity contribution is 0.235. The van der Waals surface area contributed by atoms with Crippen LogP contribution in [0.5, 0.6) is 0 Å². The van der Waals surface area contributed by atoms with E-state index >= 15 is 0 Å². The Labute approximate surface area is 81.0 Å². The molecule has 1 rings (SSSR count). The van der Waals surface area contributed by atoms with Gasteiger partial charge in [0, 0.05) is 0 Å². The molecule has 0 fully saturated rings. The van der Waals surface area contributed by atoms with E-state index in [0.29, 0.717) is 0 Å². The summed E-state index contributed by atoms with van der Waals surface area (Å²) in [5.74, 6) is 0. The molecule has 5 nitrogen and oxygen atoms in total. The van der Waals surface area contributed by atoms with Crippen LogP contribution in [-0.2, 0) is 10.1 Å². The van der Waals surface area contributed by atoms with Crippen LogP contribution in [0.3, 0.4) is 0 Å². The number of benzene rings is 1. The predicted molar refractivity (Wildman–Crippen MR) is 46.8 cm³/mol. The van der Waals surface area contributed by atoms with Crippen LogP contribution in [0.2, 0.25) is 0 Å². The molecule has 0 bridgehead atoms.